The van der Waals surface area contributed by atoms with Crippen LogP contribution in [-0.2, 0) is 0 Å². The molecule has 0 amide bonds. The number of H-pyrrole nitrogens is 1. The van der Waals surface area contributed by atoms with Crippen molar-refractivity contribution in [1.82, 2.24) is 4.98 Å². The van der Waals surface area contributed by atoms with Crippen LogP contribution in [0.1, 0.15) is 11.1 Å². The van der Waals surface area contributed by atoms with Gasteiger partial charge in [0.2, 0.25) is 0 Å². The number of nitrogens with zero attached hydrogens (tertiary/aromatic N) is 2. The van der Waals surface area contributed by atoms with E-state index in [0.717, 1.165) is 0 Å². The van der Waals surface area contributed by atoms with Gasteiger partial charge in [0.1, 0.15) is 29.1 Å². The van der Waals surface area contributed by atoms with Crippen LogP contribution in [0.3, 0.4) is 0 Å². The molecule has 1 aromatic carbocycles. The summed E-state index contributed by atoms with van der Waals surface area (Å²) < 4.78 is 0.549. The Kier molecular flexibility index (Phi) is 4.24. The lowest BCUT2D eigenvalue weighted by Crippen LogP contribution is -2.16. The molecule has 0 aliphatic rings. The Hall–Kier alpha value is -1.99. The van der Waals surface area contributed by atoms with E-state index in [4.69, 9.17) is 28.9 Å². The molecule has 1 aromatic heterocycles. The second kappa shape index (κ2) is 5.79. The highest BCUT2D eigenvalue weighted by Gasteiger charge is 2.21. The molecular weight excluding hydrogens is 379 g/mol. The Balaban J connectivity index is 3.00. The molecule has 104 valence electrons. The fourth-order valence-corrected chi connectivity index (χ4v) is 2.72. The minimum atomic E-state index is -0.695. The number of benzene rings is 1. The number of nitrogens with two attached hydrogens (primary N) is 1. The number of anilines is 1. The molecule has 0 unspecified atom stereocenters. The fraction of sp³-hybridized carbons (Fsp3) is 0. The number of nitrogen functional groups attached to an aromatic ring is 1. The smallest absolute Gasteiger partial charge is 0.268 e. The van der Waals surface area contributed by atoms with Gasteiger partial charge in [0, 0.05) is 20.6 Å². The quantitative estimate of drug-likeness (QED) is 0.735. The Bertz CT molecular complexity index is 893. The number of hydrogen-bond donors (Lipinski definition) is 2. The minimum absolute atomic E-state index is 0.0357. The summed E-state index contributed by atoms with van der Waals surface area (Å²) in [4.78, 5) is 14.1. The molecule has 0 aliphatic heterocycles. The molecule has 0 aliphatic carbocycles. The van der Waals surface area contributed by atoms with Crippen molar-refractivity contribution in [3.8, 4) is 23.3 Å². The minimum Gasteiger partial charge on any atom is -0.384 e. The van der Waals surface area contributed by atoms with Crippen LogP contribution in [0, 0.1) is 22.7 Å². The van der Waals surface area contributed by atoms with Crippen LogP contribution in [0.2, 0.25) is 10.0 Å². The molecule has 0 spiro atoms. The second-order valence-electron chi connectivity index (χ2n) is 3.96. The van der Waals surface area contributed by atoms with Crippen LogP contribution >= 0.6 is 39.1 Å². The molecule has 2 aromatic rings. The third kappa shape index (κ3) is 2.62. The van der Waals surface area contributed by atoms with Crippen LogP contribution in [0.4, 0.5) is 5.82 Å². The predicted octanol–water partition coefficient (Wildman–Crippen LogP) is 3.44. The van der Waals surface area contributed by atoms with Crippen LogP contribution in [0.15, 0.2) is 21.4 Å². The number of aromatic amines is 1. The summed E-state index contributed by atoms with van der Waals surface area (Å²) in [6, 6.07) is 6.60. The zero-order chi connectivity index (χ0) is 15.7. The highest BCUT2D eigenvalue weighted by Crippen LogP contribution is 2.38. The topological polar surface area (TPSA) is 106 Å². The maximum Gasteiger partial charge on any atom is 0.268 e. The summed E-state index contributed by atoms with van der Waals surface area (Å²) in [5, 5.41) is 19.0. The second-order valence-corrected chi connectivity index (χ2v) is 5.63. The first-order valence-corrected chi connectivity index (χ1v) is 6.96. The van der Waals surface area contributed by atoms with Gasteiger partial charge in [-0.05, 0) is 28.1 Å². The zero-order valence-corrected chi connectivity index (χ0v) is 13.3. The molecule has 21 heavy (non-hydrogen) atoms. The van der Waals surface area contributed by atoms with Gasteiger partial charge in [-0.2, -0.15) is 10.5 Å². The van der Waals surface area contributed by atoms with Gasteiger partial charge in [-0.25, -0.2) is 0 Å². The number of halogens is 3. The van der Waals surface area contributed by atoms with Gasteiger partial charge in [-0.15, -0.1) is 0 Å². The molecular formula is C13H5BrCl2N4O. The van der Waals surface area contributed by atoms with Crippen molar-refractivity contribution in [1.29, 1.82) is 10.5 Å². The van der Waals surface area contributed by atoms with Crippen molar-refractivity contribution in [3.05, 3.63) is 48.1 Å². The number of nitrogens with one attached hydrogen (secondary N) is 1. The van der Waals surface area contributed by atoms with Crippen molar-refractivity contribution in [2.24, 2.45) is 0 Å². The summed E-state index contributed by atoms with van der Waals surface area (Å²) in [5.41, 5.74) is 5.02. The first-order valence-electron chi connectivity index (χ1n) is 5.41. The molecule has 8 heteroatoms. The van der Waals surface area contributed by atoms with Gasteiger partial charge >= 0.3 is 0 Å². The lowest BCUT2D eigenvalue weighted by molar-refractivity contribution is 1.21. The maximum absolute atomic E-state index is 11.8. The Labute approximate surface area is 137 Å². The van der Waals surface area contributed by atoms with Crippen LogP contribution in [-0.4, -0.2) is 4.98 Å². The average molecular weight is 384 g/mol. The van der Waals surface area contributed by atoms with E-state index >= 15 is 0 Å². The third-order valence-corrected chi connectivity index (χ3v) is 4.26. The van der Waals surface area contributed by atoms with Gasteiger partial charge in [-0.3, -0.25) is 4.79 Å². The number of pyridine rings is 1. The molecule has 1 heterocycles. The van der Waals surface area contributed by atoms with E-state index in [1.165, 1.54) is 12.1 Å². The van der Waals surface area contributed by atoms with Crippen molar-refractivity contribution < 1.29 is 0 Å². The number of rotatable bonds is 1. The van der Waals surface area contributed by atoms with Crippen molar-refractivity contribution >= 4 is 44.9 Å². The zero-order valence-electron chi connectivity index (χ0n) is 10.2. The molecule has 0 atom stereocenters. The summed E-state index contributed by atoms with van der Waals surface area (Å²) in [5.74, 6) is -0.133. The molecule has 0 saturated carbocycles. The summed E-state index contributed by atoms with van der Waals surface area (Å²) in [7, 11) is 0. The summed E-state index contributed by atoms with van der Waals surface area (Å²) >= 11 is 15.4. The average Bonchev–Trinajstić information content (AvgIpc) is 2.42. The fourth-order valence-electron chi connectivity index (χ4n) is 1.83. The standard InChI is InChI=1S/C13H5BrCl2N4O/c14-8-2-9(15)5(1-10(8)16)11-6(3-17)12(19)20-13(21)7(11)4-18/h1-2H,(H3,19,20,21). The van der Waals surface area contributed by atoms with E-state index in [1.54, 1.807) is 6.07 Å². The van der Waals surface area contributed by atoms with Crippen molar-refractivity contribution in [3.63, 3.8) is 0 Å². The molecule has 0 saturated heterocycles. The third-order valence-electron chi connectivity index (χ3n) is 2.75. The van der Waals surface area contributed by atoms with Gasteiger partial charge in [0.25, 0.3) is 5.56 Å². The van der Waals surface area contributed by atoms with Crippen LogP contribution < -0.4 is 11.3 Å². The molecule has 3 N–H and O–H groups in total. The predicted molar refractivity (Wildman–Crippen MR) is 84.1 cm³/mol. The highest BCUT2D eigenvalue weighted by atomic mass is 79.9. The van der Waals surface area contributed by atoms with Gasteiger partial charge in [0.05, 0.1) is 5.02 Å². The Morgan fingerprint density at radius 1 is 1.14 bits per heavy atom. The first kappa shape index (κ1) is 15.4. The number of hydrogen-bond acceptors (Lipinski definition) is 4. The Morgan fingerprint density at radius 3 is 2.33 bits per heavy atom. The summed E-state index contributed by atoms with van der Waals surface area (Å²) in [6.07, 6.45) is 0. The number of nitriles is 2. The van der Waals surface area contributed by atoms with Gasteiger partial charge in [0.15, 0.2) is 0 Å². The Morgan fingerprint density at radius 2 is 1.76 bits per heavy atom. The van der Waals surface area contributed by atoms with Crippen LogP contribution in [0.25, 0.3) is 11.1 Å². The van der Waals surface area contributed by atoms with Crippen molar-refractivity contribution in [2.75, 3.05) is 5.73 Å². The first-order chi connectivity index (χ1) is 9.90. The largest absolute Gasteiger partial charge is 0.384 e. The van der Waals surface area contributed by atoms with E-state index < -0.39 is 5.56 Å². The highest BCUT2D eigenvalue weighted by molar-refractivity contribution is 9.10. The van der Waals surface area contributed by atoms with E-state index in [1.807, 2.05) is 6.07 Å². The van der Waals surface area contributed by atoms with Gasteiger partial charge < -0.3 is 10.7 Å². The number of aromatic nitrogens is 1. The van der Waals surface area contributed by atoms with E-state index in [2.05, 4.69) is 20.9 Å². The lowest BCUT2D eigenvalue weighted by Gasteiger charge is -2.11. The maximum atomic E-state index is 11.8. The SMILES string of the molecule is N#Cc1c(N)[nH]c(=O)c(C#N)c1-c1cc(Cl)c(Br)cc1Cl. The molecule has 5 nitrogen and oxygen atoms in total. The van der Waals surface area contributed by atoms with Crippen LogP contribution in [0.5, 0.6) is 0 Å². The normalized spacial score (nSPS) is 9.95. The van der Waals surface area contributed by atoms with E-state index in [0.29, 0.717) is 9.50 Å². The summed E-state index contributed by atoms with van der Waals surface area (Å²) in [6.45, 7) is 0. The van der Waals surface area contributed by atoms with Gasteiger partial charge in [-0.1, -0.05) is 23.2 Å². The molecule has 2 rings (SSSR count). The molecule has 0 radical (unpaired) electrons. The lowest BCUT2D eigenvalue weighted by atomic mass is 9.96. The van der Waals surface area contributed by atoms with Crippen molar-refractivity contribution in [2.45, 2.75) is 0 Å². The monoisotopic (exact) mass is 382 g/mol. The van der Waals surface area contributed by atoms with E-state index in [9.17, 15) is 15.3 Å². The van der Waals surface area contributed by atoms with E-state index in [-0.39, 0.29) is 33.1 Å². The molecule has 0 fully saturated rings. The molecule has 0 bridgehead atoms.